The molecule has 0 amide bonds. The van der Waals surface area contributed by atoms with Gasteiger partial charge in [0.2, 0.25) is 0 Å². The van der Waals surface area contributed by atoms with Crippen LogP contribution in [0.1, 0.15) is 12.8 Å². The normalized spacial score (nSPS) is 13.1. The maximum Gasteiger partial charge on any atom is 0.323 e. The van der Waals surface area contributed by atoms with Crippen LogP contribution in [-0.2, 0) is 9.59 Å². The van der Waals surface area contributed by atoms with E-state index in [0.717, 1.165) is 11.5 Å². The van der Waals surface area contributed by atoms with Gasteiger partial charge >= 0.3 is 11.9 Å². The summed E-state index contributed by atoms with van der Waals surface area (Å²) in [5.74, 6) is -0.390. The van der Waals surface area contributed by atoms with Crippen molar-refractivity contribution in [2.75, 3.05) is 24.0 Å². The summed E-state index contributed by atoms with van der Waals surface area (Å²) in [6, 6.07) is -1.51. The zero-order chi connectivity index (χ0) is 15.3. The zero-order valence-electron chi connectivity index (χ0n) is 11.0. The van der Waals surface area contributed by atoms with Crippen LogP contribution in [0.2, 0.25) is 0 Å². The van der Waals surface area contributed by atoms with Gasteiger partial charge in [0.1, 0.15) is 12.1 Å². The monoisotopic (exact) mass is 314 g/mol. The summed E-state index contributed by atoms with van der Waals surface area (Å²) in [7, 11) is 0. The molecule has 0 fully saturated rings. The fourth-order valence-electron chi connectivity index (χ4n) is 0.847. The summed E-state index contributed by atoms with van der Waals surface area (Å²) in [6.07, 6.45) is 4.80. The number of carboxylic acids is 2. The van der Waals surface area contributed by atoms with Crippen LogP contribution < -0.4 is 11.2 Å². The van der Waals surface area contributed by atoms with Crippen molar-refractivity contribution in [2.45, 2.75) is 24.9 Å². The molecule has 0 aliphatic carbocycles. The summed E-state index contributed by atoms with van der Waals surface area (Å²) in [5.41, 5.74) is 6.91. The van der Waals surface area contributed by atoms with E-state index in [1.807, 2.05) is 12.5 Å². The highest BCUT2D eigenvalue weighted by Gasteiger charge is 2.14. The largest absolute Gasteiger partial charge is 0.480 e. The Morgan fingerprint density at radius 1 is 1.11 bits per heavy atom. The smallest absolute Gasteiger partial charge is 0.323 e. The maximum atomic E-state index is 10.2. The second-order valence-corrected chi connectivity index (χ2v) is 5.50. The van der Waals surface area contributed by atoms with Crippen molar-refractivity contribution in [2.24, 2.45) is 5.73 Å². The van der Waals surface area contributed by atoms with Gasteiger partial charge in [0.25, 0.3) is 0 Å². The van der Waals surface area contributed by atoms with Crippen LogP contribution in [-0.4, -0.2) is 63.5 Å². The predicted molar refractivity (Wildman–Crippen MR) is 78.0 cm³/mol. The van der Waals surface area contributed by atoms with Crippen LogP contribution >= 0.6 is 23.5 Å². The molecule has 2 unspecified atom stereocenters. The highest BCUT2D eigenvalue weighted by atomic mass is 32.2. The zero-order valence-corrected chi connectivity index (χ0v) is 12.7. The lowest BCUT2D eigenvalue weighted by atomic mass is 10.2. The van der Waals surface area contributed by atoms with Gasteiger partial charge in [-0.3, -0.25) is 9.59 Å². The third-order valence-electron chi connectivity index (χ3n) is 2.01. The molecule has 0 aromatic heterocycles. The number of carbonyl (C=O) groups is 2. The van der Waals surface area contributed by atoms with Crippen molar-refractivity contribution in [3.63, 3.8) is 0 Å². The van der Waals surface area contributed by atoms with Gasteiger partial charge in [-0.05, 0) is 36.9 Å². The first-order chi connectivity index (χ1) is 8.90. The van der Waals surface area contributed by atoms with Gasteiger partial charge in [0.15, 0.2) is 0 Å². The number of nitrogens with one attached hydrogen (secondary N) is 1. The standard InChI is InChI=1S/C5H11NO3S.C5H11NO2S/c1-10-3-2-4(6-9)5(7)8;1-9-3-2-4(6)5(7)8/h4,6,9H,2-3H2,1H3,(H,7,8);4H,2-3,6H2,1H3,(H,7,8). The van der Waals surface area contributed by atoms with Gasteiger partial charge in [-0.2, -0.15) is 29.0 Å². The molecular weight excluding hydrogens is 292 g/mol. The van der Waals surface area contributed by atoms with E-state index in [1.165, 1.54) is 0 Å². The number of thioether (sulfide) groups is 2. The molecule has 0 saturated heterocycles. The Hall–Kier alpha value is -0.480. The Morgan fingerprint density at radius 3 is 1.89 bits per heavy atom. The minimum absolute atomic E-state index is 0.438. The van der Waals surface area contributed by atoms with E-state index < -0.39 is 24.0 Å². The van der Waals surface area contributed by atoms with Crippen LogP contribution in [0.4, 0.5) is 0 Å². The van der Waals surface area contributed by atoms with E-state index in [0.29, 0.717) is 12.8 Å². The summed E-state index contributed by atoms with van der Waals surface area (Å²) in [5, 5.41) is 24.9. The van der Waals surface area contributed by atoms with Crippen molar-refractivity contribution < 1.29 is 25.0 Å². The number of aliphatic carboxylic acids is 2. The molecule has 0 aromatic carbocycles. The summed E-state index contributed by atoms with van der Waals surface area (Å²) in [6.45, 7) is 0. The molecule has 9 heteroatoms. The van der Waals surface area contributed by atoms with Crippen molar-refractivity contribution in [1.82, 2.24) is 5.48 Å². The van der Waals surface area contributed by atoms with Crippen LogP contribution in [0.15, 0.2) is 0 Å². The first-order valence-electron chi connectivity index (χ1n) is 5.49. The summed E-state index contributed by atoms with van der Waals surface area (Å²) >= 11 is 3.15. The second-order valence-electron chi connectivity index (χ2n) is 3.53. The Labute approximate surface area is 121 Å². The topological polar surface area (TPSA) is 133 Å². The van der Waals surface area contributed by atoms with Crippen molar-refractivity contribution in [3.05, 3.63) is 0 Å². The number of carboxylic acid groups (broad SMARTS) is 2. The van der Waals surface area contributed by atoms with E-state index in [2.05, 4.69) is 0 Å². The van der Waals surface area contributed by atoms with Crippen molar-refractivity contribution in [1.29, 1.82) is 0 Å². The Morgan fingerprint density at radius 2 is 1.58 bits per heavy atom. The van der Waals surface area contributed by atoms with Crippen LogP contribution in [0.25, 0.3) is 0 Å². The highest BCUT2D eigenvalue weighted by Crippen LogP contribution is 1.99. The average molecular weight is 314 g/mol. The third kappa shape index (κ3) is 13.7. The number of hydrogen-bond acceptors (Lipinski definition) is 7. The third-order valence-corrected chi connectivity index (χ3v) is 3.30. The molecule has 0 heterocycles. The molecule has 0 aliphatic heterocycles. The molecule has 7 nitrogen and oxygen atoms in total. The van der Waals surface area contributed by atoms with E-state index in [9.17, 15) is 9.59 Å². The lowest BCUT2D eigenvalue weighted by Crippen LogP contribution is -2.34. The SMILES string of the molecule is CSCCC(N)C(=O)O.CSCCC(NO)C(=O)O. The van der Waals surface area contributed by atoms with Gasteiger partial charge in [0.05, 0.1) is 0 Å². The number of hydroxylamine groups is 1. The van der Waals surface area contributed by atoms with Gasteiger partial charge in [-0.25, -0.2) is 0 Å². The minimum Gasteiger partial charge on any atom is -0.480 e. The molecule has 0 aliphatic rings. The van der Waals surface area contributed by atoms with Crippen LogP contribution in [0.5, 0.6) is 0 Å². The molecule has 2 atom stereocenters. The molecule has 0 radical (unpaired) electrons. The van der Waals surface area contributed by atoms with Gasteiger partial charge in [0, 0.05) is 0 Å². The van der Waals surface area contributed by atoms with E-state index in [-0.39, 0.29) is 0 Å². The van der Waals surface area contributed by atoms with Gasteiger partial charge < -0.3 is 21.2 Å². The molecule has 0 bridgehead atoms. The molecule has 114 valence electrons. The maximum absolute atomic E-state index is 10.2. The Balaban J connectivity index is 0. The van der Waals surface area contributed by atoms with Crippen LogP contribution in [0.3, 0.4) is 0 Å². The molecular formula is C10H22N2O5S2. The van der Waals surface area contributed by atoms with Gasteiger partial charge in [-0.15, -0.1) is 0 Å². The quantitative estimate of drug-likeness (QED) is 0.381. The van der Waals surface area contributed by atoms with E-state index >= 15 is 0 Å². The fourth-order valence-corrected chi connectivity index (χ4v) is 1.81. The van der Waals surface area contributed by atoms with Gasteiger partial charge in [-0.1, -0.05) is 0 Å². The lowest BCUT2D eigenvalue weighted by molar-refractivity contribution is -0.142. The van der Waals surface area contributed by atoms with Crippen LogP contribution in [0, 0.1) is 0 Å². The second kappa shape index (κ2) is 13.9. The van der Waals surface area contributed by atoms with E-state index in [4.69, 9.17) is 21.2 Å². The highest BCUT2D eigenvalue weighted by molar-refractivity contribution is 7.98. The lowest BCUT2D eigenvalue weighted by Gasteiger charge is -2.07. The number of rotatable bonds is 9. The first-order valence-corrected chi connectivity index (χ1v) is 8.28. The molecule has 0 saturated carbocycles. The molecule has 0 spiro atoms. The Kier molecular flexibility index (Phi) is 15.3. The minimum atomic E-state index is -1.02. The number of nitrogens with two attached hydrogens (primary N) is 1. The molecule has 0 aromatic rings. The fraction of sp³-hybridized carbons (Fsp3) is 0.800. The molecule has 6 N–H and O–H groups in total. The molecule has 0 rings (SSSR count). The Bertz CT molecular complexity index is 256. The number of hydrogen-bond donors (Lipinski definition) is 5. The first kappa shape index (κ1) is 20.8. The predicted octanol–water partition coefficient (Wildman–Crippen LogP) is 0.323. The van der Waals surface area contributed by atoms with Crippen molar-refractivity contribution in [3.8, 4) is 0 Å². The molecule has 19 heavy (non-hydrogen) atoms. The summed E-state index contributed by atoms with van der Waals surface area (Å²) in [4.78, 5) is 20.3. The van der Waals surface area contributed by atoms with Crippen molar-refractivity contribution >= 4 is 35.5 Å². The average Bonchev–Trinajstić information content (AvgIpc) is 2.37. The summed E-state index contributed by atoms with van der Waals surface area (Å²) < 4.78 is 0. The van der Waals surface area contributed by atoms with E-state index in [1.54, 1.807) is 29.0 Å².